The van der Waals surface area contributed by atoms with Gasteiger partial charge >= 0.3 is 6.09 Å². The number of hydrogen-bond acceptors (Lipinski definition) is 3. The molecule has 5 nitrogen and oxygen atoms in total. The lowest BCUT2D eigenvalue weighted by molar-refractivity contribution is -0.919. The third-order valence-electron chi connectivity index (χ3n) is 8.01. The zero-order chi connectivity index (χ0) is 25.0. The molecular weight excluding hydrogens is 575 g/mol. The van der Waals surface area contributed by atoms with E-state index in [2.05, 4.69) is 31.5 Å². The Bertz CT molecular complexity index is 1160. The molecule has 3 aromatic carbocycles. The van der Waals surface area contributed by atoms with E-state index >= 15 is 0 Å². The van der Waals surface area contributed by atoms with Crippen LogP contribution in [0.5, 0.6) is 5.75 Å². The highest BCUT2D eigenvalue weighted by molar-refractivity contribution is 5.91. The predicted octanol–water partition coefficient (Wildman–Crippen LogP) is 3.62. The van der Waals surface area contributed by atoms with Crippen molar-refractivity contribution in [3.63, 3.8) is 0 Å². The maximum atomic E-state index is 13.0. The molecule has 1 N–H and O–H groups in total. The topological polar surface area (TPSA) is 47.6 Å². The first-order chi connectivity index (χ1) is 17.5. The Kier molecular flexibility index (Phi) is 9.13. The summed E-state index contributed by atoms with van der Waals surface area (Å²) in [5.74, 6) is 1.95. The number of nitrogens with zero attached hydrogens (tertiary/aromatic N) is 1. The van der Waals surface area contributed by atoms with E-state index in [-0.39, 0.29) is 36.2 Å². The van der Waals surface area contributed by atoms with Crippen molar-refractivity contribution in [2.75, 3.05) is 32.6 Å². The van der Waals surface area contributed by atoms with Crippen LogP contribution in [-0.4, -0.2) is 50.0 Å². The Morgan fingerprint density at radius 2 is 1.59 bits per heavy atom. The minimum Gasteiger partial charge on any atom is -1.00 e. The highest BCUT2D eigenvalue weighted by Gasteiger charge is 2.56. The van der Waals surface area contributed by atoms with Crippen molar-refractivity contribution < 1.29 is 42.7 Å². The first kappa shape index (κ1) is 27.5. The van der Waals surface area contributed by atoms with Crippen LogP contribution in [0.2, 0.25) is 0 Å². The van der Waals surface area contributed by atoms with Gasteiger partial charge in [0.05, 0.1) is 39.0 Å². The second kappa shape index (κ2) is 12.3. The van der Waals surface area contributed by atoms with Crippen molar-refractivity contribution in [3.8, 4) is 16.9 Å². The van der Waals surface area contributed by atoms with E-state index in [0.29, 0.717) is 17.9 Å². The molecule has 37 heavy (non-hydrogen) atoms. The van der Waals surface area contributed by atoms with E-state index in [1.54, 1.807) is 0 Å². The van der Waals surface area contributed by atoms with Gasteiger partial charge < -0.3 is 37.9 Å². The zero-order valence-electron chi connectivity index (χ0n) is 21.7. The summed E-state index contributed by atoms with van der Waals surface area (Å²) in [6.07, 6.45) is 3.96. The van der Waals surface area contributed by atoms with Gasteiger partial charge in [0.15, 0.2) is 0 Å². The standard InChI is InChI=1S/C31H36N2O3.HI/c1-33(2,20-11-21-35-25-14-7-4-8-15-25)30-24-18-19-27(30)29(22-24)36-31(34)32-28-17-10-9-16-26(28)23-12-5-3-6-13-23;/h3-10,12-17,24,27,29-30H,11,18-22H2,1-2H3;1H. The van der Waals surface area contributed by atoms with E-state index < -0.39 is 0 Å². The maximum absolute atomic E-state index is 13.0. The number of hydrogen-bond donors (Lipinski definition) is 1. The zero-order valence-corrected chi connectivity index (χ0v) is 23.8. The number of anilines is 1. The van der Waals surface area contributed by atoms with Gasteiger partial charge in [-0.2, -0.15) is 0 Å². The molecule has 5 rings (SSSR count). The number of rotatable bonds is 9. The van der Waals surface area contributed by atoms with E-state index in [0.717, 1.165) is 59.5 Å². The molecule has 2 aliphatic carbocycles. The molecule has 0 aliphatic heterocycles. The Balaban J connectivity index is 0.00000320. The molecule has 1 amide bonds. The quantitative estimate of drug-likeness (QED) is 0.228. The average molecular weight is 613 g/mol. The molecule has 0 saturated heterocycles. The second-order valence-electron chi connectivity index (χ2n) is 10.7. The molecule has 0 aromatic heterocycles. The summed E-state index contributed by atoms with van der Waals surface area (Å²) in [6.45, 7) is 1.77. The van der Waals surface area contributed by atoms with Crippen molar-refractivity contribution in [1.82, 2.24) is 0 Å². The monoisotopic (exact) mass is 612 g/mol. The summed E-state index contributed by atoms with van der Waals surface area (Å²) in [5, 5.41) is 3.02. The molecule has 196 valence electrons. The van der Waals surface area contributed by atoms with Crippen LogP contribution < -0.4 is 34.0 Å². The Morgan fingerprint density at radius 1 is 0.919 bits per heavy atom. The number of carbonyl (C=O) groups excluding carboxylic acids is 1. The third kappa shape index (κ3) is 6.47. The van der Waals surface area contributed by atoms with Crippen LogP contribution >= 0.6 is 0 Å². The van der Waals surface area contributed by atoms with Crippen LogP contribution in [-0.2, 0) is 4.74 Å². The normalized spacial score (nSPS) is 22.2. The van der Waals surface area contributed by atoms with Gasteiger partial charge in [-0.3, -0.25) is 5.32 Å². The maximum Gasteiger partial charge on any atom is 0.411 e. The minimum atomic E-state index is -0.351. The van der Waals surface area contributed by atoms with Gasteiger partial charge in [-0.25, -0.2) is 4.79 Å². The number of fused-ring (bicyclic) bond motifs is 2. The van der Waals surface area contributed by atoms with Gasteiger partial charge in [0.25, 0.3) is 0 Å². The molecule has 4 atom stereocenters. The van der Waals surface area contributed by atoms with Crippen molar-refractivity contribution >= 4 is 11.8 Å². The number of halogens is 1. The number of ether oxygens (including phenoxy) is 2. The van der Waals surface area contributed by atoms with Gasteiger partial charge in [-0.1, -0.05) is 66.7 Å². The molecule has 3 aromatic rings. The molecule has 6 heteroatoms. The van der Waals surface area contributed by atoms with Crippen LogP contribution in [0.4, 0.5) is 10.5 Å². The minimum absolute atomic E-state index is 0. The smallest absolute Gasteiger partial charge is 0.411 e. The van der Waals surface area contributed by atoms with Gasteiger partial charge in [0, 0.05) is 23.8 Å². The molecule has 2 fully saturated rings. The largest absolute Gasteiger partial charge is 1.00 e. The highest BCUT2D eigenvalue weighted by Crippen LogP contribution is 2.50. The van der Waals surface area contributed by atoms with Crippen LogP contribution in [0.3, 0.4) is 0 Å². The third-order valence-corrected chi connectivity index (χ3v) is 8.01. The van der Waals surface area contributed by atoms with Crippen molar-refractivity contribution in [2.24, 2.45) is 11.8 Å². The number of nitrogens with one attached hydrogen (secondary N) is 1. The lowest BCUT2D eigenvalue weighted by atomic mass is 9.98. The number of carbonyl (C=O) groups is 1. The van der Waals surface area contributed by atoms with Crippen LogP contribution in [0, 0.1) is 11.8 Å². The Hall–Kier alpha value is -2.58. The summed E-state index contributed by atoms with van der Waals surface area (Å²) >= 11 is 0. The predicted molar refractivity (Wildman–Crippen MR) is 144 cm³/mol. The fourth-order valence-corrected chi connectivity index (χ4v) is 6.52. The lowest BCUT2D eigenvalue weighted by Gasteiger charge is -2.39. The first-order valence-corrected chi connectivity index (χ1v) is 13.1. The van der Waals surface area contributed by atoms with Gasteiger partial charge in [0.2, 0.25) is 0 Å². The lowest BCUT2D eigenvalue weighted by Crippen LogP contribution is -3.00. The summed E-state index contributed by atoms with van der Waals surface area (Å²) in [6, 6.07) is 28.5. The van der Waals surface area contributed by atoms with Crippen LogP contribution in [0.25, 0.3) is 11.1 Å². The summed E-state index contributed by atoms with van der Waals surface area (Å²) in [4.78, 5) is 13.0. The van der Waals surface area contributed by atoms with E-state index in [4.69, 9.17) is 9.47 Å². The number of quaternary nitrogens is 1. The van der Waals surface area contributed by atoms with Crippen LogP contribution in [0.1, 0.15) is 25.7 Å². The van der Waals surface area contributed by atoms with Gasteiger partial charge in [-0.05, 0) is 43.0 Å². The van der Waals surface area contributed by atoms with Gasteiger partial charge in [-0.15, -0.1) is 0 Å². The van der Waals surface area contributed by atoms with Gasteiger partial charge in [0.1, 0.15) is 11.9 Å². The number of para-hydroxylation sites is 2. The Morgan fingerprint density at radius 3 is 2.35 bits per heavy atom. The fourth-order valence-electron chi connectivity index (χ4n) is 6.52. The number of amides is 1. The molecule has 0 heterocycles. The SMILES string of the molecule is C[N+](C)(CCCOc1ccccc1)C1C2CCC1C(OC(=O)Nc1ccccc1-c1ccccc1)C2.[I-]. The van der Waals surface area contributed by atoms with E-state index in [9.17, 15) is 4.79 Å². The molecule has 2 aliphatic rings. The average Bonchev–Trinajstić information content (AvgIpc) is 3.47. The van der Waals surface area contributed by atoms with Crippen molar-refractivity contribution in [3.05, 3.63) is 84.9 Å². The first-order valence-electron chi connectivity index (χ1n) is 13.1. The molecule has 4 unspecified atom stereocenters. The molecule has 0 radical (unpaired) electrons. The Labute approximate surface area is 237 Å². The summed E-state index contributed by atoms with van der Waals surface area (Å²) in [5.41, 5.74) is 2.85. The summed E-state index contributed by atoms with van der Waals surface area (Å²) in [7, 11) is 4.66. The molecule has 2 saturated carbocycles. The number of benzene rings is 3. The summed E-state index contributed by atoms with van der Waals surface area (Å²) < 4.78 is 12.9. The van der Waals surface area contributed by atoms with Crippen LogP contribution in [0.15, 0.2) is 84.9 Å². The second-order valence-corrected chi connectivity index (χ2v) is 10.7. The highest BCUT2D eigenvalue weighted by atomic mass is 127. The van der Waals surface area contributed by atoms with Crippen molar-refractivity contribution in [1.29, 1.82) is 0 Å². The van der Waals surface area contributed by atoms with E-state index in [1.807, 2.05) is 72.8 Å². The van der Waals surface area contributed by atoms with E-state index in [1.165, 1.54) is 6.42 Å². The molecule has 2 bridgehead atoms. The molecule has 0 spiro atoms. The van der Waals surface area contributed by atoms with Crippen molar-refractivity contribution in [2.45, 2.75) is 37.8 Å². The fraction of sp³-hybridized carbons (Fsp3) is 0.387. The molecular formula is C31H37IN2O3.